The molecule has 0 aromatic carbocycles. The van der Waals surface area contributed by atoms with E-state index in [-0.39, 0.29) is 30.4 Å². The zero-order chi connectivity index (χ0) is 12.8. The number of rotatable bonds is 5. The van der Waals surface area contributed by atoms with Gasteiger partial charge in [0.25, 0.3) is 0 Å². The van der Waals surface area contributed by atoms with Crippen molar-refractivity contribution < 1.29 is 14.3 Å². The van der Waals surface area contributed by atoms with Crippen LogP contribution in [0, 0.1) is 0 Å². The molecule has 1 amide bonds. The van der Waals surface area contributed by atoms with Crippen LogP contribution in [0.1, 0.15) is 17.3 Å². The monoisotopic (exact) mass is 240 g/mol. The zero-order valence-electron chi connectivity index (χ0n) is 10.1. The Kier molecular flexibility index (Phi) is 4.65. The fourth-order valence-electron chi connectivity index (χ4n) is 1.21. The average molecular weight is 240 g/mol. The summed E-state index contributed by atoms with van der Waals surface area (Å²) in [4.78, 5) is 24.7. The summed E-state index contributed by atoms with van der Waals surface area (Å²) in [7, 11) is 3.55. The van der Waals surface area contributed by atoms with Gasteiger partial charge in [0, 0.05) is 0 Å². The fourth-order valence-corrected chi connectivity index (χ4v) is 1.21. The minimum Gasteiger partial charge on any atom is -0.462 e. The summed E-state index contributed by atoms with van der Waals surface area (Å²) in [6, 6.07) is 0. The van der Waals surface area contributed by atoms with Crippen LogP contribution in [-0.4, -0.2) is 54.2 Å². The highest BCUT2D eigenvalue weighted by molar-refractivity contribution is 6.00. The predicted octanol–water partition coefficient (Wildman–Crippen LogP) is 0.0865. The van der Waals surface area contributed by atoms with Crippen LogP contribution in [-0.2, 0) is 9.53 Å². The summed E-state index contributed by atoms with van der Waals surface area (Å²) < 4.78 is 4.83. The summed E-state index contributed by atoms with van der Waals surface area (Å²) in [5.41, 5.74) is 0.221. The molecule has 1 rings (SSSR count). The largest absolute Gasteiger partial charge is 0.462 e. The lowest BCUT2D eigenvalue weighted by atomic mass is 10.3. The minimum atomic E-state index is -0.513. The van der Waals surface area contributed by atoms with E-state index in [1.807, 2.05) is 0 Å². The van der Waals surface area contributed by atoms with Gasteiger partial charge in [-0.1, -0.05) is 0 Å². The Labute approximate surface area is 99.1 Å². The van der Waals surface area contributed by atoms with Crippen molar-refractivity contribution in [3.8, 4) is 0 Å². The summed E-state index contributed by atoms with van der Waals surface area (Å²) in [5, 5.41) is 8.81. The smallest absolute Gasteiger partial charge is 0.343 e. The molecule has 1 aromatic rings. The van der Waals surface area contributed by atoms with E-state index in [4.69, 9.17) is 4.74 Å². The van der Waals surface area contributed by atoms with Crippen LogP contribution >= 0.6 is 0 Å². The average Bonchev–Trinajstić information content (AvgIpc) is 2.64. The highest BCUT2D eigenvalue weighted by Gasteiger charge is 2.16. The molecule has 17 heavy (non-hydrogen) atoms. The number of carbonyl (C=O) groups is 2. The van der Waals surface area contributed by atoms with E-state index in [0.29, 0.717) is 0 Å². The fraction of sp³-hybridized carbons (Fsp3) is 0.500. The van der Waals surface area contributed by atoms with Crippen LogP contribution in [0.15, 0.2) is 6.20 Å². The number of likely N-dealkylation sites (N-methyl/N-ethyl adjacent to an activating group) is 1. The molecule has 0 atom stereocenters. The van der Waals surface area contributed by atoms with E-state index < -0.39 is 5.97 Å². The summed E-state index contributed by atoms with van der Waals surface area (Å²) in [6.45, 7) is 2.21. The molecule has 0 bridgehead atoms. The van der Waals surface area contributed by atoms with Crippen LogP contribution in [0.3, 0.4) is 0 Å². The van der Waals surface area contributed by atoms with Gasteiger partial charge in [-0.25, -0.2) is 4.79 Å². The molecule has 94 valence electrons. The quantitative estimate of drug-likeness (QED) is 0.712. The molecule has 1 aromatic heterocycles. The molecule has 0 aliphatic heterocycles. The number of H-pyrrole nitrogens is 1. The van der Waals surface area contributed by atoms with Gasteiger partial charge >= 0.3 is 5.97 Å². The number of ether oxygens (including phenoxy) is 1. The van der Waals surface area contributed by atoms with Crippen molar-refractivity contribution in [3.05, 3.63) is 11.8 Å². The lowest BCUT2D eigenvalue weighted by molar-refractivity contribution is -0.116. The van der Waals surface area contributed by atoms with E-state index in [9.17, 15) is 9.59 Å². The summed E-state index contributed by atoms with van der Waals surface area (Å²) >= 11 is 0. The summed E-state index contributed by atoms with van der Waals surface area (Å²) in [5.74, 6) is -0.485. The van der Waals surface area contributed by atoms with Crippen LogP contribution < -0.4 is 5.32 Å². The normalized spacial score (nSPS) is 10.4. The predicted molar refractivity (Wildman–Crippen MR) is 61.7 cm³/mol. The molecule has 0 unspecified atom stereocenters. The van der Waals surface area contributed by atoms with E-state index in [0.717, 1.165) is 0 Å². The third-order valence-corrected chi connectivity index (χ3v) is 1.86. The van der Waals surface area contributed by atoms with Crippen molar-refractivity contribution in [2.75, 3.05) is 32.6 Å². The van der Waals surface area contributed by atoms with Gasteiger partial charge in [-0.2, -0.15) is 5.10 Å². The van der Waals surface area contributed by atoms with Crippen LogP contribution in [0.5, 0.6) is 0 Å². The number of aromatic nitrogens is 2. The molecule has 0 aliphatic rings. The zero-order valence-corrected chi connectivity index (χ0v) is 10.1. The van der Waals surface area contributed by atoms with Crippen molar-refractivity contribution in [3.63, 3.8) is 0 Å². The molecule has 0 aliphatic carbocycles. The SMILES string of the molecule is CCOC(=O)c1cn[nH]c1NC(=O)CN(C)C. The molecule has 0 saturated carbocycles. The molecule has 1 heterocycles. The first-order valence-electron chi connectivity index (χ1n) is 5.19. The molecule has 0 fully saturated rings. The number of amides is 1. The number of carbonyl (C=O) groups excluding carboxylic acids is 2. The van der Waals surface area contributed by atoms with E-state index in [1.165, 1.54) is 6.20 Å². The second-order valence-corrected chi connectivity index (χ2v) is 3.67. The van der Waals surface area contributed by atoms with E-state index in [1.54, 1.807) is 25.9 Å². The molecule has 0 saturated heterocycles. The minimum absolute atomic E-state index is 0.221. The molecule has 7 nitrogen and oxygen atoms in total. The van der Waals surface area contributed by atoms with E-state index >= 15 is 0 Å². The Morgan fingerprint density at radius 1 is 1.53 bits per heavy atom. The second-order valence-electron chi connectivity index (χ2n) is 3.67. The first-order valence-corrected chi connectivity index (χ1v) is 5.19. The maximum atomic E-state index is 11.5. The number of hydrogen-bond acceptors (Lipinski definition) is 5. The Morgan fingerprint density at radius 3 is 2.82 bits per heavy atom. The number of nitrogens with one attached hydrogen (secondary N) is 2. The van der Waals surface area contributed by atoms with Gasteiger partial charge in [0.15, 0.2) is 0 Å². The van der Waals surface area contributed by atoms with Crippen molar-refractivity contribution >= 4 is 17.7 Å². The lowest BCUT2D eigenvalue weighted by Gasteiger charge is -2.09. The number of nitrogens with zero attached hydrogens (tertiary/aromatic N) is 2. The first kappa shape index (κ1) is 13.2. The Hall–Kier alpha value is -1.89. The molecule has 2 N–H and O–H groups in total. The van der Waals surface area contributed by atoms with Crippen molar-refractivity contribution in [1.29, 1.82) is 0 Å². The summed E-state index contributed by atoms with van der Waals surface area (Å²) in [6.07, 6.45) is 1.32. The van der Waals surface area contributed by atoms with Crippen LogP contribution in [0.4, 0.5) is 5.82 Å². The third kappa shape index (κ3) is 3.87. The third-order valence-electron chi connectivity index (χ3n) is 1.86. The van der Waals surface area contributed by atoms with Gasteiger partial charge in [-0.05, 0) is 21.0 Å². The standard InChI is InChI=1S/C10H16N4O3/c1-4-17-10(16)7-5-11-13-9(7)12-8(15)6-14(2)3/h5H,4,6H2,1-3H3,(H2,11,12,13,15). The van der Waals surface area contributed by atoms with Gasteiger partial charge in [-0.3, -0.25) is 9.89 Å². The Bertz CT molecular complexity index is 400. The first-order chi connectivity index (χ1) is 8.04. The Morgan fingerprint density at radius 2 is 2.24 bits per heavy atom. The highest BCUT2D eigenvalue weighted by Crippen LogP contribution is 2.12. The topological polar surface area (TPSA) is 87.3 Å². The molecule has 7 heteroatoms. The van der Waals surface area contributed by atoms with Gasteiger partial charge < -0.3 is 15.0 Å². The number of esters is 1. The van der Waals surface area contributed by atoms with E-state index in [2.05, 4.69) is 15.5 Å². The van der Waals surface area contributed by atoms with Gasteiger partial charge in [0.1, 0.15) is 11.4 Å². The van der Waals surface area contributed by atoms with Crippen LogP contribution in [0.25, 0.3) is 0 Å². The van der Waals surface area contributed by atoms with Crippen molar-refractivity contribution in [1.82, 2.24) is 15.1 Å². The maximum Gasteiger partial charge on any atom is 0.343 e. The molecular formula is C10H16N4O3. The van der Waals surface area contributed by atoms with Gasteiger partial charge in [0.05, 0.1) is 19.3 Å². The maximum absolute atomic E-state index is 11.5. The number of aromatic amines is 1. The number of anilines is 1. The van der Waals surface area contributed by atoms with Crippen molar-refractivity contribution in [2.45, 2.75) is 6.92 Å². The lowest BCUT2D eigenvalue weighted by Crippen LogP contribution is -2.27. The van der Waals surface area contributed by atoms with Gasteiger partial charge in [0.2, 0.25) is 5.91 Å². The Balaban J connectivity index is 2.69. The molecule has 0 spiro atoms. The van der Waals surface area contributed by atoms with Gasteiger partial charge in [-0.15, -0.1) is 0 Å². The second kappa shape index (κ2) is 6.00. The number of hydrogen-bond donors (Lipinski definition) is 2. The molecular weight excluding hydrogens is 224 g/mol. The van der Waals surface area contributed by atoms with Crippen molar-refractivity contribution in [2.24, 2.45) is 0 Å². The highest BCUT2D eigenvalue weighted by atomic mass is 16.5. The molecule has 0 radical (unpaired) electrons. The van der Waals surface area contributed by atoms with Crippen LogP contribution in [0.2, 0.25) is 0 Å².